The third-order valence-electron chi connectivity index (χ3n) is 6.38. The molecule has 0 aliphatic heterocycles. The number of hydrogen-bond acceptors (Lipinski definition) is 7. The Balaban J connectivity index is 0.000000215. The molecule has 0 fully saturated rings. The van der Waals surface area contributed by atoms with Gasteiger partial charge in [0, 0.05) is 28.0 Å². The zero-order valence-electron chi connectivity index (χ0n) is 23.7. The number of rotatable bonds is 10. The highest BCUT2D eigenvalue weighted by molar-refractivity contribution is 9.10. The number of pyridine rings is 2. The average molecular weight is 658 g/mol. The number of nitrogens with two attached hydrogens (primary N) is 2. The van der Waals surface area contributed by atoms with Gasteiger partial charge in [-0.25, -0.2) is 4.39 Å². The van der Waals surface area contributed by atoms with Crippen molar-refractivity contribution >= 4 is 39.1 Å². The molecule has 11 heteroatoms. The molecule has 224 valence electrons. The zero-order chi connectivity index (χ0) is 31.5. The molecule has 2 amide bonds. The van der Waals surface area contributed by atoms with Crippen LogP contribution in [0.4, 0.5) is 15.8 Å². The summed E-state index contributed by atoms with van der Waals surface area (Å²) in [6.07, 6.45) is 6.42. The SMILES string of the molecule is COc1ccc(F)c(-c2cncc(NC(C(N)=O)c3ccccc3)c2)c1.NC(=O)C(Nc1cncc(Br)c1)c1ccccc1. The summed E-state index contributed by atoms with van der Waals surface area (Å²) in [5, 5.41) is 6.13. The lowest BCUT2D eigenvalue weighted by atomic mass is 10.0. The van der Waals surface area contributed by atoms with Crippen LogP contribution >= 0.6 is 15.9 Å². The second kappa shape index (κ2) is 15.3. The van der Waals surface area contributed by atoms with Gasteiger partial charge in [-0.2, -0.15) is 0 Å². The first-order chi connectivity index (χ1) is 21.2. The molecular weight excluding hydrogens is 627 g/mol. The topological polar surface area (TPSA) is 145 Å². The van der Waals surface area contributed by atoms with Crippen molar-refractivity contribution in [1.82, 2.24) is 9.97 Å². The van der Waals surface area contributed by atoms with Crippen LogP contribution < -0.4 is 26.8 Å². The number of halogens is 2. The third kappa shape index (κ3) is 8.62. The van der Waals surface area contributed by atoms with Crippen LogP contribution in [0.25, 0.3) is 11.1 Å². The molecule has 2 heterocycles. The number of anilines is 2. The van der Waals surface area contributed by atoms with Gasteiger partial charge in [0.05, 0.1) is 30.9 Å². The molecule has 5 aromatic rings. The van der Waals surface area contributed by atoms with Gasteiger partial charge in [-0.1, -0.05) is 60.7 Å². The summed E-state index contributed by atoms with van der Waals surface area (Å²) in [5.41, 5.74) is 14.7. The number of aromatic nitrogens is 2. The highest BCUT2D eigenvalue weighted by atomic mass is 79.9. The number of methoxy groups -OCH3 is 1. The molecule has 0 spiro atoms. The molecule has 44 heavy (non-hydrogen) atoms. The molecular formula is C33H30BrFN6O3. The summed E-state index contributed by atoms with van der Waals surface area (Å²) in [6.45, 7) is 0. The van der Waals surface area contributed by atoms with Crippen LogP contribution in [0.2, 0.25) is 0 Å². The fourth-order valence-electron chi connectivity index (χ4n) is 4.27. The van der Waals surface area contributed by atoms with E-state index in [9.17, 15) is 14.0 Å². The van der Waals surface area contributed by atoms with Crippen molar-refractivity contribution in [2.24, 2.45) is 11.5 Å². The monoisotopic (exact) mass is 656 g/mol. The zero-order valence-corrected chi connectivity index (χ0v) is 25.2. The Kier molecular flexibility index (Phi) is 11.0. The van der Waals surface area contributed by atoms with Gasteiger partial charge in [-0.3, -0.25) is 19.6 Å². The predicted molar refractivity (Wildman–Crippen MR) is 172 cm³/mol. The summed E-state index contributed by atoms with van der Waals surface area (Å²) in [6, 6.07) is 25.2. The largest absolute Gasteiger partial charge is 0.497 e. The van der Waals surface area contributed by atoms with Crippen LogP contribution in [0.1, 0.15) is 23.2 Å². The second-order valence-corrected chi connectivity index (χ2v) is 10.4. The normalized spacial score (nSPS) is 11.7. The minimum absolute atomic E-state index is 0.357. The van der Waals surface area contributed by atoms with Gasteiger partial charge in [0.15, 0.2) is 0 Å². The molecule has 2 unspecified atom stereocenters. The van der Waals surface area contributed by atoms with E-state index >= 15 is 0 Å². The van der Waals surface area contributed by atoms with Crippen LogP contribution in [0, 0.1) is 5.82 Å². The lowest BCUT2D eigenvalue weighted by Crippen LogP contribution is -2.27. The van der Waals surface area contributed by atoms with Crippen molar-refractivity contribution in [2.75, 3.05) is 17.7 Å². The Labute approximate surface area is 262 Å². The molecule has 0 aliphatic carbocycles. The smallest absolute Gasteiger partial charge is 0.244 e. The lowest BCUT2D eigenvalue weighted by molar-refractivity contribution is -0.119. The fraction of sp³-hybridized carbons (Fsp3) is 0.0909. The first-order valence-electron chi connectivity index (χ1n) is 13.4. The number of ether oxygens (including phenoxy) is 1. The lowest BCUT2D eigenvalue weighted by Gasteiger charge is -2.17. The van der Waals surface area contributed by atoms with Gasteiger partial charge in [0.25, 0.3) is 0 Å². The molecule has 0 radical (unpaired) electrons. The van der Waals surface area contributed by atoms with Crippen molar-refractivity contribution in [3.63, 3.8) is 0 Å². The summed E-state index contributed by atoms with van der Waals surface area (Å²) < 4.78 is 20.2. The Hall–Kier alpha value is -5.29. The summed E-state index contributed by atoms with van der Waals surface area (Å²) >= 11 is 3.33. The van der Waals surface area contributed by atoms with Crippen LogP contribution in [0.5, 0.6) is 5.75 Å². The van der Waals surface area contributed by atoms with Crippen molar-refractivity contribution in [1.29, 1.82) is 0 Å². The van der Waals surface area contributed by atoms with E-state index in [2.05, 4.69) is 36.5 Å². The fourth-order valence-corrected chi connectivity index (χ4v) is 4.64. The number of carbonyl (C=O) groups excluding carboxylic acids is 2. The van der Waals surface area contributed by atoms with Gasteiger partial charge in [-0.15, -0.1) is 0 Å². The van der Waals surface area contributed by atoms with E-state index in [4.69, 9.17) is 16.2 Å². The number of amides is 2. The van der Waals surface area contributed by atoms with Crippen molar-refractivity contribution in [2.45, 2.75) is 12.1 Å². The maximum Gasteiger partial charge on any atom is 0.244 e. The summed E-state index contributed by atoms with van der Waals surface area (Å²) in [5.74, 6) is -0.798. The molecule has 0 aliphatic rings. The molecule has 6 N–H and O–H groups in total. The van der Waals surface area contributed by atoms with E-state index in [0.29, 0.717) is 22.6 Å². The van der Waals surface area contributed by atoms with E-state index in [-0.39, 0.29) is 5.82 Å². The number of nitrogens with one attached hydrogen (secondary N) is 2. The Morgan fingerprint density at radius 2 is 1.27 bits per heavy atom. The van der Waals surface area contributed by atoms with E-state index in [0.717, 1.165) is 21.3 Å². The third-order valence-corrected chi connectivity index (χ3v) is 6.82. The summed E-state index contributed by atoms with van der Waals surface area (Å²) in [7, 11) is 1.52. The van der Waals surface area contributed by atoms with Gasteiger partial charge < -0.3 is 26.8 Å². The maximum absolute atomic E-state index is 14.2. The van der Waals surface area contributed by atoms with Crippen LogP contribution in [-0.2, 0) is 9.59 Å². The summed E-state index contributed by atoms with van der Waals surface area (Å²) in [4.78, 5) is 31.5. The van der Waals surface area contributed by atoms with Crippen molar-refractivity contribution in [3.05, 3.63) is 137 Å². The van der Waals surface area contributed by atoms with E-state index in [1.807, 2.05) is 54.6 Å². The van der Waals surface area contributed by atoms with Crippen molar-refractivity contribution < 1.29 is 18.7 Å². The minimum Gasteiger partial charge on any atom is -0.497 e. The standard InChI is InChI=1S/C20H18FN3O2.C13H12BrN3O/c1-26-16-7-8-18(21)17(10-16)14-9-15(12-23-11-14)24-19(20(22)25)13-5-3-2-4-6-13;14-10-6-11(8-16-7-10)17-12(13(15)18)9-4-2-1-3-5-9/h2-12,19,24H,1H3,(H2,22,25);1-8,12,17H,(H2,15,18). The first kappa shape index (κ1) is 31.6. The number of primary amides is 2. The quantitative estimate of drug-likeness (QED) is 0.144. The van der Waals surface area contributed by atoms with Gasteiger partial charge in [0.2, 0.25) is 11.8 Å². The van der Waals surface area contributed by atoms with Crippen LogP contribution in [0.3, 0.4) is 0 Å². The number of carbonyl (C=O) groups is 2. The Bertz CT molecular complexity index is 1710. The second-order valence-electron chi connectivity index (χ2n) is 9.48. The molecule has 3 aromatic carbocycles. The molecule has 0 saturated carbocycles. The van der Waals surface area contributed by atoms with Gasteiger partial charge >= 0.3 is 0 Å². The van der Waals surface area contributed by atoms with Gasteiger partial charge in [-0.05, 0) is 57.4 Å². The van der Waals surface area contributed by atoms with Crippen molar-refractivity contribution in [3.8, 4) is 16.9 Å². The first-order valence-corrected chi connectivity index (χ1v) is 14.2. The number of benzene rings is 3. The molecule has 2 atom stereocenters. The molecule has 2 aromatic heterocycles. The van der Waals surface area contributed by atoms with Crippen LogP contribution in [0.15, 0.2) is 120 Å². The Morgan fingerprint density at radius 3 is 1.77 bits per heavy atom. The number of hydrogen-bond donors (Lipinski definition) is 4. The predicted octanol–water partition coefficient (Wildman–Crippen LogP) is 6.02. The molecule has 0 saturated heterocycles. The van der Waals surface area contributed by atoms with Crippen LogP contribution in [-0.4, -0.2) is 28.9 Å². The highest BCUT2D eigenvalue weighted by Crippen LogP contribution is 2.29. The number of nitrogens with zero attached hydrogens (tertiary/aromatic N) is 2. The molecule has 0 bridgehead atoms. The maximum atomic E-state index is 14.2. The Morgan fingerprint density at radius 1 is 0.750 bits per heavy atom. The average Bonchev–Trinajstić information content (AvgIpc) is 3.04. The van der Waals surface area contributed by atoms with Gasteiger partial charge in [0.1, 0.15) is 23.7 Å². The van der Waals surface area contributed by atoms with E-state index in [1.54, 1.807) is 55.1 Å². The minimum atomic E-state index is -0.719. The highest BCUT2D eigenvalue weighted by Gasteiger charge is 2.19. The van der Waals surface area contributed by atoms with E-state index < -0.39 is 23.9 Å². The molecule has 9 nitrogen and oxygen atoms in total. The van der Waals surface area contributed by atoms with E-state index in [1.165, 1.54) is 13.2 Å². The molecule has 5 rings (SSSR count).